The first-order chi connectivity index (χ1) is 19.9. The monoisotopic (exact) mass is 530 g/mol. The summed E-state index contributed by atoms with van der Waals surface area (Å²) in [5, 5.41) is 0. The Morgan fingerprint density at radius 1 is 0.707 bits per heavy atom. The van der Waals surface area contributed by atoms with Crippen molar-refractivity contribution in [2.45, 2.75) is 33.1 Å². The molecule has 0 bridgehead atoms. The van der Waals surface area contributed by atoms with Gasteiger partial charge in [0.15, 0.2) is 0 Å². The van der Waals surface area contributed by atoms with Crippen molar-refractivity contribution in [3.8, 4) is 11.1 Å². The Morgan fingerprint density at radius 3 is 1.93 bits per heavy atom. The average molecular weight is 531 g/mol. The van der Waals surface area contributed by atoms with Gasteiger partial charge in [0.2, 0.25) is 0 Å². The topological polar surface area (TPSA) is 0 Å². The Morgan fingerprint density at radius 2 is 1.34 bits per heavy atom. The van der Waals surface area contributed by atoms with Gasteiger partial charge in [0.25, 0.3) is 0 Å². The molecule has 0 nitrogen and oxygen atoms in total. The second-order valence-electron chi connectivity index (χ2n) is 10.6. The van der Waals surface area contributed by atoms with E-state index in [4.69, 9.17) is 0 Å². The van der Waals surface area contributed by atoms with Crippen molar-refractivity contribution in [3.05, 3.63) is 191 Å². The summed E-state index contributed by atoms with van der Waals surface area (Å²) in [4.78, 5) is 0. The average Bonchev–Trinajstić information content (AvgIpc) is 3.46. The quantitative estimate of drug-likeness (QED) is 0.254. The van der Waals surface area contributed by atoms with E-state index in [0.29, 0.717) is 0 Å². The molecule has 0 heteroatoms. The van der Waals surface area contributed by atoms with E-state index in [0.717, 1.165) is 22.3 Å². The van der Waals surface area contributed by atoms with Crippen LogP contribution in [0.2, 0.25) is 0 Å². The van der Waals surface area contributed by atoms with Gasteiger partial charge in [-0.3, -0.25) is 0 Å². The van der Waals surface area contributed by atoms with Gasteiger partial charge in [0, 0.05) is 0 Å². The highest BCUT2D eigenvalue weighted by Crippen LogP contribution is 2.62. The number of fused-ring (bicyclic) bond motifs is 7. The van der Waals surface area contributed by atoms with E-state index >= 15 is 0 Å². The van der Waals surface area contributed by atoms with Crippen LogP contribution in [0, 0.1) is 0 Å². The Labute approximate surface area is 246 Å². The molecular formula is C41H38. The highest BCUT2D eigenvalue weighted by Gasteiger charge is 2.51. The first-order valence-corrected chi connectivity index (χ1v) is 14.3. The Kier molecular flexibility index (Phi) is 7.77. The van der Waals surface area contributed by atoms with Crippen LogP contribution in [0.3, 0.4) is 0 Å². The molecule has 0 radical (unpaired) electrons. The van der Waals surface area contributed by atoms with Gasteiger partial charge in [-0.2, -0.15) is 0 Å². The number of hydrogen-bond donors (Lipinski definition) is 0. The van der Waals surface area contributed by atoms with Gasteiger partial charge >= 0.3 is 0 Å². The summed E-state index contributed by atoms with van der Waals surface area (Å²) >= 11 is 0. The molecule has 202 valence electrons. The maximum absolute atomic E-state index is 4.44. The van der Waals surface area contributed by atoms with Crippen LogP contribution >= 0.6 is 0 Å². The van der Waals surface area contributed by atoms with Crippen LogP contribution in [0.5, 0.6) is 0 Å². The summed E-state index contributed by atoms with van der Waals surface area (Å²) in [6, 6.07) is 24.5. The van der Waals surface area contributed by atoms with Crippen LogP contribution in [0.15, 0.2) is 163 Å². The molecule has 3 aromatic carbocycles. The van der Waals surface area contributed by atoms with Crippen LogP contribution in [0.4, 0.5) is 0 Å². The maximum Gasteiger partial charge on any atom is 0.0725 e. The molecule has 2 aliphatic carbocycles. The van der Waals surface area contributed by atoms with Crippen molar-refractivity contribution in [2.24, 2.45) is 0 Å². The Hall–Kier alpha value is -4.68. The van der Waals surface area contributed by atoms with Crippen LogP contribution in [-0.2, 0) is 5.41 Å². The third-order valence-corrected chi connectivity index (χ3v) is 8.42. The molecule has 5 rings (SSSR count). The number of benzene rings is 3. The van der Waals surface area contributed by atoms with Crippen molar-refractivity contribution in [1.82, 2.24) is 0 Å². The molecule has 0 unspecified atom stereocenters. The molecule has 2 aliphatic rings. The molecular weight excluding hydrogens is 492 g/mol. The molecule has 0 N–H and O–H groups in total. The number of hydrogen-bond acceptors (Lipinski definition) is 0. The SMILES string of the molecule is C=CC1=C(/C=C\C)C2(c3ccc(C(=C)/C=C\C(=C/C)C(=C)/C=C\C(C)=C/C)cc31)c1ccccc1-c1ccccc12. The lowest BCUT2D eigenvalue weighted by atomic mass is 9.69. The lowest BCUT2D eigenvalue weighted by molar-refractivity contribution is 0.786. The minimum absolute atomic E-state index is 0.373. The molecule has 0 fully saturated rings. The normalized spacial score (nSPS) is 15.7. The molecule has 41 heavy (non-hydrogen) atoms. The molecule has 0 aromatic heterocycles. The summed E-state index contributed by atoms with van der Waals surface area (Å²) in [6.07, 6.45) is 19.0. The van der Waals surface area contributed by atoms with E-state index in [1.807, 2.05) is 19.9 Å². The predicted molar refractivity (Wildman–Crippen MR) is 180 cm³/mol. The summed E-state index contributed by atoms with van der Waals surface area (Å²) in [6.45, 7) is 21.3. The van der Waals surface area contributed by atoms with Crippen molar-refractivity contribution < 1.29 is 0 Å². The van der Waals surface area contributed by atoms with Crippen LogP contribution < -0.4 is 0 Å². The van der Waals surface area contributed by atoms with Crippen molar-refractivity contribution in [3.63, 3.8) is 0 Å². The summed E-state index contributed by atoms with van der Waals surface area (Å²) in [5.74, 6) is 0. The summed E-state index contributed by atoms with van der Waals surface area (Å²) in [7, 11) is 0. The van der Waals surface area contributed by atoms with E-state index in [9.17, 15) is 0 Å². The fraction of sp³-hybridized carbons (Fsp3) is 0.122. The standard InChI is InChI=1S/C41H38/c1-8-16-37-33(11-4)36-27-32(30(7)23-24-31(10-3)29(6)22-21-28(5)9-2)25-26-40(36)41(37)38-19-14-12-17-34(38)35-18-13-15-20-39(35)41/h8-27H,4,6-7H2,1-3,5H3/b16-8-,22-21-,24-23-,28-9-,31-10+. The predicted octanol–water partition coefficient (Wildman–Crippen LogP) is 11.1. The minimum atomic E-state index is -0.373. The zero-order valence-electron chi connectivity index (χ0n) is 24.7. The first-order valence-electron chi connectivity index (χ1n) is 14.3. The Bertz CT molecular complexity index is 1710. The maximum atomic E-state index is 4.44. The second kappa shape index (κ2) is 11.4. The summed E-state index contributed by atoms with van der Waals surface area (Å²) < 4.78 is 0. The molecule has 0 heterocycles. The highest BCUT2D eigenvalue weighted by molar-refractivity contribution is 5.98. The third kappa shape index (κ3) is 4.50. The van der Waals surface area contributed by atoms with Gasteiger partial charge in [0.05, 0.1) is 5.41 Å². The van der Waals surface area contributed by atoms with Gasteiger partial charge in [0.1, 0.15) is 0 Å². The van der Waals surface area contributed by atoms with Gasteiger partial charge in [-0.15, -0.1) is 0 Å². The zero-order valence-corrected chi connectivity index (χ0v) is 24.7. The lowest BCUT2D eigenvalue weighted by Crippen LogP contribution is -2.26. The van der Waals surface area contributed by atoms with E-state index < -0.39 is 0 Å². The largest absolute Gasteiger partial charge is 0.0984 e. The van der Waals surface area contributed by atoms with Gasteiger partial charge in [-0.05, 0) is 101 Å². The zero-order chi connectivity index (χ0) is 29.1. The number of rotatable bonds is 8. The smallest absolute Gasteiger partial charge is 0.0725 e. The molecule has 0 aliphatic heterocycles. The first kappa shape index (κ1) is 27.9. The molecule has 0 atom stereocenters. The molecule has 0 saturated carbocycles. The van der Waals surface area contributed by atoms with Crippen LogP contribution in [0.1, 0.15) is 55.5 Å². The molecule has 0 saturated heterocycles. The van der Waals surface area contributed by atoms with Gasteiger partial charge < -0.3 is 0 Å². The van der Waals surface area contributed by atoms with Gasteiger partial charge in [-0.1, -0.05) is 141 Å². The van der Waals surface area contributed by atoms with Crippen molar-refractivity contribution in [2.75, 3.05) is 0 Å². The molecule has 0 amide bonds. The van der Waals surface area contributed by atoms with Crippen molar-refractivity contribution >= 4 is 11.1 Å². The van der Waals surface area contributed by atoms with Crippen molar-refractivity contribution in [1.29, 1.82) is 0 Å². The molecule has 1 spiro atoms. The summed E-state index contributed by atoms with van der Waals surface area (Å²) in [5.41, 5.74) is 15.2. The molecule has 3 aromatic rings. The fourth-order valence-corrected chi connectivity index (χ4v) is 6.30. The highest BCUT2D eigenvalue weighted by atomic mass is 14.5. The van der Waals surface area contributed by atoms with E-state index in [1.54, 1.807) is 0 Å². The minimum Gasteiger partial charge on any atom is -0.0984 e. The third-order valence-electron chi connectivity index (χ3n) is 8.42. The van der Waals surface area contributed by atoms with Crippen LogP contribution in [0.25, 0.3) is 22.3 Å². The fourth-order valence-electron chi connectivity index (χ4n) is 6.30. The van der Waals surface area contributed by atoms with E-state index in [1.165, 1.54) is 50.1 Å². The van der Waals surface area contributed by atoms with E-state index in [2.05, 4.69) is 149 Å². The second-order valence-corrected chi connectivity index (χ2v) is 10.6. The van der Waals surface area contributed by atoms with Gasteiger partial charge in [-0.25, -0.2) is 0 Å². The Balaban J connectivity index is 1.61. The van der Waals surface area contributed by atoms with Crippen LogP contribution in [-0.4, -0.2) is 0 Å². The van der Waals surface area contributed by atoms with E-state index in [-0.39, 0.29) is 5.41 Å². The number of allylic oxidation sites excluding steroid dienone is 15. The lowest BCUT2D eigenvalue weighted by Gasteiger charge is -2.31.